The number of aromatic nitrogens is 2. The van der Waals surface area contributed by atoms with E-state index in [1.54, 1.807) is 6.20 Å². The maximum absolute atomic E-state index is 10.9. The lowest BCUT2D eigenvalue weighted by Gasteiger charge is -2.14. The van der Waals surface area contributed by atoms with Crippen LogP contribution in [0.25, 0.3) is 11.1 Å². The lowest BCUT2D eigenvalue weighted by molar-refractivity contribution is -0.118. The number of benzene rings is 2. The third-order valence-electron chi connectivity index (χ3n) is 4.96. The van der Waals surface area contributed by atoms with Gasteiger partial charge in [-0.15, -0.1) is 0 Å². The van der Waals surface area contributed by atoms with Crippen LogP contribution in [0.4, 0.5) is 0 Å². The Hall–Kier alpha value is -3.45. The number of ether oxygens (including phenoxy) is 2. The van der Waals surface area contributed by atoms with Crippen LogP contribution in [0.2, 0.25) is 0 Å². The molecule has 0 saturated heterocycles. The van der Waals surface area contributed by atoms with Gasteiger partial charge in [-0.1, -0.05) is 48.5 Å². The van der Waals surface area contributed by atoms with E-state index in [0.717, 1.165) is 11.1 Å². The van der Waals surface area contributed by atoms with E-state index in [2.05, 4.69) is 51.8 Å². The minimum absolute atomic E-state index is 0.0452. The summed E-state index contributed by atoms with van der Waals surface area (Å²) >= 11 is 0. The van der Waals surface area contributed by atoms with Crippen LogP contribution in [0, 0.1) is 6.92 Å². The van der Waals surface area contributed by atoms with Gasteiger partial charge in [-0.25, -0.2) is 4.98 Å². The van der Waals surface area contributed by atoms with Crippen LogP contribution in [0.15, 0.2) is 54.7 Å². The van der Waals surface area contributed by atoms with E-state index in [0.29, 0.717) is 38.7 Å². The Morgan fingerprint density at radius 2 is 1.81 bits per heavy atom. The van der Waals surface area contributed by atoms with Crippen molar-refractivity contribution in [1.29, 1.82) is 0 Å². The lowest BCUT2D eigenvalue weighted by atomic mass is 9.97. The lowest BCUT2D eigenvalue weighted by Crippen LogP contribution is -2.30. The zero-order chi connectivity index (χ0) is 22.8. The average Bonchev–Trinajstić information content (AvgIpc) is 2.80. The molecule has 0 spiro atoms. The fourth-order valence-corrected chi connectivity index (χ4v) is 3.29. The first-order valence-corrected chi connectivity index (χ1v) is 10.8. The number of carbonyl (C=O) groups excluding carboxylic acids is 1. The van der Waals surface area contributed by atoms with E-state index in [4.69, 9.17) is 9.47 Å². The SMILES string of the molecule is CCOc1nc(OCc2cccc(-c3ccccc3)c2C)ncc1CNCCNC(C)=O. The average molecular weight is 435 g/mol. The standard InChI is InChI=1S/C25H30N4O3/c1-4-31-24-22(15-26-13-14-27-19(3)30)16-28-25(29-24)32-17-21-11-8-12-23(18(21)2)20-9-6-5-7-10-20/h5-12,16,26H,4,13-15,17H2,1-3H3,(H,27,30). The van der Waals surface area contributed by atoms with Crippen molar-refractivity contribution in [3.05, 3.63) is 71.4 Å². The molecule has 2 aromatic carbocycles. The molecule has 7 nitrogen and oxygen atoms in total. The molecule has 1 aromatic heterocycles. The van der Waals surface area contributed by atoms with Crippen molar-refractivity contribution in [2.75, 3.05) is 19.7 Å². The molecule has 3 rings (SSSR count). The second-order valence-corrected chi connectivity index (χ2v) is 7.32. The zero-order valence-corrected chi connectivity index (χ0v) is 18.9. The van der Waals surface area contributed by atoms with Gasteiger partial charge < -0.3 is 20.1 Å². The van der Waals surface area contributed by atoms with Crippen molar-refractivity contribution in [2.45, 2.75) is 33.9 Å². The normalized spacial score (nSPS) is 10.6. The molecule has 0 saturated carbocycles. The van der Waals surface area contributed by atoms with Gasteiger partial charge in [0.05, 0.1) is 6.61 Å². The van der Waals surface area contributed by atoms with Crippen LogP contribution >= 0.6 is 0 Å². The highest BCUT2D eigenvalue weighted by atomic mass is 16.5. The van der Waals surface area contributed by atoms with Gasteiger partial charge in [0, 0.05) is 38.3 Å². The summed E-state index contributed by atoms with van der Waals surface area (Å²) in [6.07, 6.45) is 1.71. The molecule has 168 valence electrons. The van der Waals surface area contributed by atoms with E-state index in [1.807, 2.05) is 31.2 Å². The number of nitrogens with one attached hydrogen (secondary N) is 2. The number of nitrogens with zero attached hydrogens (tertiary/aromatic N) is 2. The Kier molecular flexibility index (Phi) is 8.57. The summed E-state index contributed by atoms with van der Waals surface area (Å²) in [6.45, 7) is 8.11. The topological polar surface area (TPSA) is 85.4 Å². The summed E-state index contributed by atoms with van der Waals surface area (Å²) in [5.41, 5.74) is 5.45. The van der Waals surface area contributed by atoms with Gasteiger partial charge in [-0.2, -0.15) is 4.98 Å². The monoisotopic (exact) mass is 434 g/mol. The highest BCUT2D eigenvalue weighted by Gasteiger charge is 2.11. The maximum Gasteiger partial charge on any atom is 0.320 e. The molecule has 1 amide bonds. The van der Waals surface area contributed by atoms with Gasteiger partial charge >= 0.3 is 6.01 Å². The summed E-state index contributed by atoms with van der Waals surface area (Å²) in [4.78, 5) is 19.7. The summed E-state index contributed by atoms with van der Waals surface area (Å²) < 4.78 is 11.6. The Labute approximate surface area is 189 Å². The second kappa shape index (κ2) is 11.8. The van der Waals surface area contributed by atoms with Gasteiger partial charge in [0.15, 0.2) is 0 Å². The molecule has 0 fully saturated rings. The first-order chi connectivity index (χ1) is 15.6. The molecule has 0 unspecified atom stereocenters. The largest absolute Gasteiger partial charge is 0.478 e. The van der Waals surface area contributed by atoms with Crippen LogP contribution in [0.1, 0.15) is 30.5 Å². The quantitative estimate of drug-likeness (QED) is 0.448. The predicted octanol–water partition coefficient (Wildman–Crippen LogP) is 3.66. The van der Waals surface area contributed by atoms with Crippen molar-refractivity contribution >= 4 is 5.91 Å². The summed E-state index contributed by atoms with van der Waals surface area (Å²) in [5, 5.41) is 5.99. The summed E-state index contributed by atoms with van der Waals surface area (Å²) in [5.74, 6) is 0.454. The molecule has 0 aliphatic carbocycles. The number of hydrogen-bond acceptors (Lipinski definition) is 6. The van der Waals surface area contributed by atoms with E-state index in [-0.39, 0.29) is 11.9 Å². The van der Waals surface area contributed by atoms with E-state index in [1.165, 1.54) is 23.6 Å². The van der Waals surface area contributed by atoms with Crippen molar-refractivity contribution in [3.8, 4) is 23.0 Å². The Bertz CT molecular complexity index is 1020. The third-order valence-corrected chi connectivity index (χ3v) is 4.96. The Morgan fingerprint density at radius 1 is 1.00 bits per heavy atom. The molecule has 0 bridgehead atoms. The van der Waals surface area contributed by atoms with Crippen LogP contribution < -0.4 is 20.1 Å². The molecule has 1 heterocycles. The molecule has 0 atom stereocenters. The van der Waals surface area contributed by atoms with E-state index in [9.17, 15) is 4.79 Å². The maximum atomic E-state index is 10.9. The van der Waals surface area contributed by atoms with Crippen molar-refractivity contribution < 1.29 is 14.3 Å². The summed E-state index contributed by atoms with van der Waals surface area (Å²) in [6, 6.07) is 16.8. The number of rotatable bonds is 11. The molecule has 0 aliphatic rings. The molecule has 32 heavy (non-hydrogen) atoms. The van der Waals surface area contributed by atoms with Crippen molar-refractivity contribution in [1.82, 2.24) is 20.6 Å². The molecule has 2 N–H and O–H groups in total. The highest BCUT2D eigenvalue weighted by Crippen LogP contribution is 2.26. The third kappa shape index (κ3) is 6.52. The molecule has 7 heteroatoms. The van der Waals surface area contributed by atoms with Crippen LogP contribution in [-0.2, 0) is 17.9 Å². The Balaban J connectivity index is 1.65. The second-order valence-electron chi connectivity index (χ2n) is 7.32. The molecule has 3 aromatic rings. The van der Waals surface area contributed by atoms with Crippen molar-refractivity contribution in [2.24, 2.45) is 0 Å². The molecular weight excluding hydrogens is 404 g/mol. The van der Waals surface area contributed by atoms with Gasteiger partial charge in [-0.05, 0) is 36.1 Å². The van der Waals surface area contributed by atoms with Crippen LogP contribution in [0.3, 0.4) is 0 Å². The Morgan fingerprint density at radius 3 is 2.56 bits per heavy atom. The first-order valence-electron chi connectivity index (χ1n) is 10.8. The van der Waals surface area contributed by atoms with Crippen LogP contribution in [0.5, 0.6) is 11.9 Å². The fourth-order valence-electron chi connectivity index (χ4n) is 3.29. The van der Waals surface area contributed by atoms with E-state index < -0.39 is 0 Å². The first kappa shape index (κ1) is 23.2. The van der Waals surface area contributed by atoms with Gasteiger partial charge in [0.2, 0.25) is 11.8 Å². The number of amides is 1. The highest BCUT2D eigenvalue weighted by molar-refractivity contribution is 5.72. The van der Waals surface area contributed by atoms with Crippen LogP contribution in [-0.4, -0.2) is 35.6 Å². The molecular formula is C25H30N4O3. The predicted molar refractivity (Wildman–Crippen MR) is 125 cm³/mol. The van der Waals surface area contributed by atoms with Gasteiger partial charge in [0.25, 0.3) is 0 Å². The molecule has 0 radical (unpaired) electrons. The smallest absolute Gasteiger partial charge is 0.320 e. The number of carbonyl (C=O) groups is 1. The van der Waals surface area contributed by atoms with E-state index >= 15 is 0 Å². The minimum atomic E-state index is -0.0452. The zero-order valence-electron chi connectivity index (χ0n) is 18.9. The fraction of sp³-hybridized carbons (Fsp3) is 0.320. The minimum Gasteiger partial charge on any atom is -0.478 e. The molecule has 0 aliphatic heterocycles. The van der Waals surface area contributed by atoms with Crippen molar-refractivity contribution in [3.63, 3.8) is 0 Å². The summed E-state index contributed by atoms with van der Waals surface area (Å²) in [7, 11) is 0. The number of hydrogen-bond donors (Lipinski definition) is 2. The van der Waals surface area contributed by atoms with Gasteiger partial charge in [-0.3, -0.25) is 4.79 Å². The van der Waals surface area contributed by atoms with Gasteiger partial charge in [0.1, 0.15) is 6.61 Å².